The van der Waals surface area contributed by atoms with E-state index in [9.17, 15) is 14.7 Å². The maximum absolute atomic E-state index is 12.3. The van der Waals surface area contributed by atoms with Gasteiger partial charge in [0.15, 0.2) is 0 Å². The zero-order valence-electron chi connectivity index (χ0n) is 21.1. The van der Waals surface area contributed by atoms with Gasteiger partial charge in [-0.2, -0.15) is 0 Å². The second-order valence-corrected chi connectivity index (χ2v) is 10.4. The number of benzene rings is 2. The summed E-state index contributed by atoms with van der Waals surface area (Å²) in [6.45, 7) is 3.83. The Morgan fingerprint density at radius 3 is 2.59 bits per heavy atom. The first-order valence-corrected chi connectivity index (χ1v) is 13.5. The van der Waals surface area contributed by atoms with E-state index in [0.717, 1.165) is 42.6 Å². The Morgan fingerprint density at radius 1 is 1.08 bits per heavy atom. The van der Waals surface area contributed by atoms with Gasteiger partial charge in [-0.1, -0.05) is 60.2 Å². The van der Waals surface area contributed by atoms with Crippen LogP contribution in [0.4, 0.5) is 4.79 Å². The number of aromatic nitrogens is 1. The van der Waals surface area contributed by atoms with Crippen LogP contribution in [0.15, 0.2) is 59.4 Å². The summed E-state index contributed by atoms with van der Waals surface area (Å²) >= 11 is 1.000. The second-order valence-electron chi connectivity index (χ2n) is 9.30. The predicted octanol–water partition coefficient (Wildman–Crippen LogP) is 4.75. The number of unbranched alkanes of at least 4 members (excludes halogenated alkanes) is 2. The standard InChI is InChI=1S/C28H34N2O6S/c1-20(18-35-23-13-11-22(12-14-23)16-25-26(31)29-27(32)37-25)30-17-24(36-28(30)33)19-34-15-7-3-6-10-21-8-4-2-5-9-21/h2,4-5,8-9,11-14,20,24,31H,3,6-7,10,15-19H2,1H3,(H,29,32). The Bertz CT molecular complexity index is 1180. The first kappa shape index (κ1) is 26.8. The number of cyclic esters (lactones) is 1. The summed E-state index contributed by atoms with van der Waals surface area (Å²) in [5, 5.41) is 9.74. The van der Waals surface area contributed by atoms with E-state index in [0.29, 0.717) is 43.4 Å². The van der Waals surface area contributed by atoms with Gasteiger partial charge in [0.05, 0.1) is 24.1 Å². The number of aryl methyl sites for hydroxylation is 1. The van der Waals surface area contributed by atoms with Gasteiger partial charge in [0.25, 0.3) is 0 Å². The van der Waals surface area contributed by atoms with Crippen LogP contribution >= 0.6 is 11.3 Å². The van der Waals surface area contributed by atoms with E-state index in [2.05, 4.69) is 29.2 Å². The second kappa shape index (κ2) is 13.3. The molecule has 1 saturated heterocycles. The smallest absolute Gasteiger partial charge is 0.410 e. The first-order valence-electron chi connectivity index (χ1n) is 12.7. The van der Waals surface area contributed by atoms with Crippen LogP contribution in [0.2, 0.25) is 0 Å². The monoisotopic (exact) mass is 526 g/mol. The van der Waals surface area contributed by atoms with Crippen molar-refractivity contribution in [2.45, 2.75) is 51.2 Å². The van der Waals surface area contributed by atoms with Crippen molar-refractivity contribution in [3.8, 4) is 11.6 Å². The summed E-state index contributed by atoms with van der Waals surface area (Å²) in [5.74, 6) is 0.603. The highest BCUT2D eigenvalue weighted by Crippen LogP contribution is 2.22. The average Bonchev–Trinajstić information content (AvgIpc) is 3.43. The molecule has 9 heteroatoms. The van der Waals surface area contributed by atoms with Gasteiger partial charge in [0.1, 0.15) is 18.5 Å². The Hall–Kier alpha value is -3.30. The molecule has 1 aliphatic rings. The van der Waals surface area contributed by atoms with Crippen molar-refractivity contribution in [2.75, 3.05) is 26.4 Å². The van der Waals surface area contributed by atoms with E-state index in [-0.39, 0.29) is 29.0 Å². The Kier molecular flexibility index (Phi) is 9.62. The lowest BCUT2D eigenvalue weighted by Gasteiger charge is -2.22. The largest absolute Gasteiger partial charge is 0.494 e. The summed E-state index contributed by atoms with van der Waals surface area (Å²) in [4.78, 5) is 28.1. The third-order valence-electron chi connectivity index (χ3n) is 6.31. The van der Waals surface area contributed by atoms with E-state index >= 15 is 0 Å². The normalized spacial score (nSPS) is 16.1. The Morgan fingerprint density at radius 2 is 1.86 bits per heavy atom. The molecule has 0 radical (unpaired) electrons. The lowest BCUT2D eigenvalue weighted by Crippen LogP contribution is -2.38. The fourth-order valence-corrected chi connectivity index (χ4v) is 4.98. The van der Waals surface area contributed by atoms with Gasteiger partial charge in [-0.25, -0.2) is 4.79 Å². The van der Waals surface area contributed by atoms with Crippen molar-refractivity contribution in [3.63, 3.8) is 0 Å². The van der Waals surface area contributed by atoms with Crippen LogP contribution < -0.4 is 9.61 Å². The summed E-state index contributed by atoms with van der Waals surface area (Å²) in [6.07, 6.45) is 4.18. The number of H-pyrrole nitrogens is 1. The number of hydrogen-bond acceptors (Lipinski definition) is 7. The average molecular weight is 527 g/mol. The van der Waals surface area contributed by atoms with Gasteiger partial charge in [0, 0.05) is 13.0 Å². The Labute approximate surface area is 220 Å². The van der Waals surface area contributed by atoms with Gasteiger partial charge < -0.3 is 19.3 Å². The number of rotatable bonds is 14. The molecule has 198 valence electrons. The van der Waals surface area contributed by atoms with Crippen LogP contribution in [-0.4, -0.2) is 59.6 Å². The van der Waals surface area contributed by atoms with Crippen LogP contribution in [0.5, 0.6) is 11.6 Å². The van der Waals surface area contributed by atoms with Gasteiger partial charge in [-0.3, -0.25) is 14.7 Å². The number of nitrogens with one attached hydrogen (secondary N) is 1. The van der Waals surface area contributed by atoms with Crippen LogP contribution in [0.25, 0.3) is 0 Å². The third kappa shape index (κ3) is 8.10. The zero-order chi connectivity index (χ0) is 26.0. The molecule has 1 amide bonds. The van der Waals surface area contributed by atoms with Crippen LogP contribution in [0.1, 0.15) is 42.2 Å². The maximum Gasteiger partial charge on any atom is 0.410 e. The number of amides is 1. The van der Waals surface area contributed by atoms with E-state index in [1.54, 1.807) is 4.90 Å². The minimum absolute atomic E-state index is 0.0795. The molecule has 8 nitrogen and oxygen atoms in total. The van der Waals surface area contributed by atoms with Gasteiger partial charge in [-0.05, 0) is 49.4 Å². The molecule has 3 aromatic rings. The molecular formula is C28H34N2O6S. The number of aromatic hydroxyl groups is 1. The molecule has 4 rings (SSSR count). The summed E-state index contributed by atoms with van der Waals surface area (Å²) in [6, 6.07) is 17.8. The number of aromatic amines is 1. The van der Waals surface area contributed by atoms with Crippen molar-refractivity contribution >= 4 is 17.4 Å². The summed E-state index contributed by atoms with van der Waals surface area (Å²) in [5.41, 5.74) is 2.32. The highest BCUT2D eigenvalue weighted by Gasteiger charge is 2.34. The Balaban J connectivity index is 1.11. The number of thiazole rings is 1. The minimum Gasteiger partial charge on any atom is -0.494 e. The molecule has 2 aromatic carbocycles. The highest BCUT2D eigenvalue weighted by molar-refractivity contribution is 7.09. The lowest BCUT2D eigenvalue weighted by molar-refractivity contribution is 0.0444. The summed E-state index contributed by atoms with van der Waals surface area (Å²) in [7, 11) is 0. The van der Waals surface area contributed by atoms with E-state index in [4.69, 9.17) is 14.2 Å². The van der Waals surface area contributed by atoms with Crippen molar-refractivity contribution < 1.29 is 24.1 Å². The molecule has 2 N–H and O–H groups in total. The molecule has 0 saturated carbocycles. The fraction of sp³-hybridized carbons (Fsp3) is 0.429. The van der Waals surface area contributed by atoms with Crippen molar-refractivity contribution in [1.29, 1.82) is 0 Å². The molecule has 1 aliphatic heterocycles. The number of carbonyl (C=O) groups is 1. The predicted molar refractivity (Wildman–Crippen MR) is 143 cm³/mol. The quantitative estimate of drug-likeness (QED) is 0.294. The first-order chi connectivity index (χ1) is 18.0. The third-order valence-corrected chi connectivity index (χ3v) is 7.19. The van der Waals surface area contributed by atoms with Crippen molar-refractivity contribution in [1.82, 2.24) is 9.88 Å². The SMILES string of the molecule is CC(COc1ccc(Cc2sc(=O)[nH]c2O)cc1)N1CC(COCCCCCc2ccccc2)OC1=O. The zero-order valence-corrected chi connectivity index (χ0v) is 21.9. The molecule has 0 bridgehead atoms. The molecule has 2 heterocycles. The van der Waals surface area contributed by atoms with E-state index in [1.807, 2.05) is 37.3 Å². The molecule has 0 aliphatic carbocycles. The van der Waals surface area contributed by atoms with E-state index in [1.165, 1.54) is 5.56 Å². The minimum atomic E-state index is -0.340. The lowest BCUT2D eigenvalue weighted by atomic mass is 10.1. The molecule has 2 unspecified atom stereocenters. The van der Waals surface area contributed by atoms with Gasteiger partial charge in [0.2, 0.25) is 5.88 Å². The van der Waals surface area contributed by atoms with Gasteiger partial charge in [-0.15, -0.1) is 0 Å². The highest BCUT2D eigenvalue weighted by atomic mass is 32.1. The topological polar surface area (TPSA) is 101 Å². The molecule has 1 aromatic heterocycles. The maximum atomic E-state index is 12.3. The van der Waals surface area contributed by atoms with E-state index < -0.39 is 0 Å². The number of hydrogen-bond donors (Lipinski definition) is 2. The molecular weight excluding hydrogens is 492 g/mol. The number of nitrogens with zero attached hydrogens (tertiary/aromatic N) is 1. The molecule has 0 spiro atoms. The van der Waals surface area contributed by atoms with Gasteiger partial charge >= 0.3 is 11.0 Å². The molecule has 37 heavy (non-hydrogen) atoms. The van der Waals surface area contributed by atoms with Crippen molar-refractivity contribution in [2.24, 2.45) is 0 Å². The van der Waals surface area contributed by atoms with Crippen LogP contribution in [0.3, 0.4) is 0 Å². The van der Waals surface area contributed by atoms with Crippen LogP contribution in [-0.2, 0) is 22.3 Å². The van der Waals surface area contributed by atoms with Crippen LogP contribution in [0, 0.1) is 0 Å². The summed E-state index contributed by atoms with van der Waals surface area (Å²) < 4.78 is 17.1. The fourth-order valence-electron chi connectivity index (χ4n) is 4.23. The molecule has 1 fully saturated rings. The van der Waals surface area contributed by atoms with Crippen molar-refractivity contribution in [3.05, 3.63) is 80.3 Å². The number of ether oxygens (including phenoxy) is 3. The molecule has 2 atom stereocenters. The number of carbonyl (C=O) groups excluding carboxylic acids is 1.